The van der Waals surface area contributed by atoms with Gasteiger partial charge in [0.1, 0.15) is 0 Å². The molecule has 62 heavy (non-hydrogen) atoms. The Balaban J connectivity index is 0.000000130. The number of hydrogen-bond acceptors (Lipinski definition) is 0. The van der Waals surface area contributed by atoms with Gasteiger partial charge in [-0.25, -0.2) is 0 Å². The number of fused-ring (bicyclic) bond motifs is 10. The molecule has 0 saturated heterocycles. The van der Waals surface area contributed by atoms with Crippen LogP contribution in [0.2, 0.25) is 0 Å². The molecule has 1 aromatic heterocycles. The third kappa shape index (κ3) is 8.27. The van der Waals surface area contributed by atoms with Gasteiger partial charge in [0.25, 0.3) is 0 Å². The van der Waals surface area contributed by atoms with Crippen LogP contribution < -0.4 is 0 Å². The molecule has 0 bridgehead atoms. The molecule has 300 valence electrons. The molecule has 1 aliphatic carbocycles. The molecule has 0 radical (unpaired) electrons. The van der Waals surface area contributed by atoms with E-state index in [0.29, 0.717) is 0 Å². The van der Waals surface area contributed by atoms with E-state index in [4.69, 9.17) is 0 Å². The van der Waals surface area contributed by atoms with E-state index >= 15 is 0 Å². The first-order valence-corrected chi connectivity index (χ1v) is 23.0. The Morgan fingerprint density at radius 3 is 1.52 bits per heavy atom. The Morgan fingerprint density at radius 1 is 0.387 bits per heavy atom. The number of para-hydroxylation sites is 1. The Bertz CT molecular complexity index is 3290. The zero-order chi connectivity index (χ0) is 41.3. The summed E-state index contributed by atoms with van der Waals surface area (Å²) in [7, 11) is 0. The van der Waals surface area contributed by atoms with Crippen molar-refractivity contribution in [3.8, 4) is 39.1 Å². The molecule has 1 nitrogen and oxygen atoms in total. The summed E-state index contributed by atoms with van der Waals surface area (Å²) in [5, 5.41) is 7.88. The predicted molar refractivity (Wildman–Crippen MR) is 283 cm³/mol. The highest BCUT2D eigenvalue weighted by Crippen LogP contribution is 2.40. The molecule has 0 saturated carbocycles. The van der Waals surface area contributed by atoms with Crippen LogP contribution in [0.4, 0.5) is 0 Å². The maximum absolute atomic E-state index is 3.52. The van der Waals surface area contributed by atoms with Gasteiger partial charge in [0, 0.05) is 34.4 Å². The number of halogens is 3. The van der Waals surface area contributed by atoms with Gasteiger partial charge < -0.3 is 4.57 Å². The highest BCUT2D eigenvalue weighted by atomic mass is 127. The van der Waals surface area contributed by atoms with Crippen molar-refractivity contribution in [1.29, 1.82) is 0 Å². The van der Waals surface area contributed by atoms with Crippen molar-refractivity contribution in [2.75, 3.05) is 0 Å². The van der Waals surface area contributed by atoms with Gasteiger partial charge in [-0.3, -0.25) is 0 Å². The van der Waals surface area contributed by atoms with Crippen molar-refractivity contribution < 1.29 is 0 Å². The molecule has 10 aromatic carbocycles. The summed E-state index contributed by atoms with van der Waals surface area (Å²) in [6, 6.07) is 77.9. The monoisotopic (exact) mass is 1040 g/mol. The van der Waals surface area contributed by atoms with E-state index < -0.39 is 0 Å². The van der Waals surface area contributed by atoms with E-state index in [0.717, 1.165) is 15.4 Å². The summed E-state index contributed by atoms with van der Waals surface area (Å²) in [6.45, 7) is 0. The molecule has 0 aliphatic heterocycles. The molecule has 11 aromatic rings. The van der Waals surface area contributed by atoms with Crippen LogP contribution in [0.5, 0.6) is 0 Å². The maximum atomic E-state index is 3.52. The molecular formula is C58H42Br2IN. The summed E-state index contributed by atoms with van der Waals surface area (Å²) >= 11 is 9.26. The average Bonchev–Trinajstić information content (AvgIpc) is 3.87. The van der Waals surface area contributed by atoms with E-state index in [1.54, 1.807) is 0 Å². The fourth-order valence-electron chi connectivity index (χ4n) is 8.63. The van der Waals surface area contributed by atoms with Crippen molar-refractivity contribution in [3.63, 3.8) is 0 Å². The van der Waals surface area contributed by atoms with Crippen molar-refractivity contribution in [2.45, 2.75) is 13.8 Å². The van der Waals surface area contributed by atoms with E-state index in [-0.39, 0.29) is 7.43 Å². The molecule has 12 rings (SSSR count). The maximum Gasteiger partial charge on any atom is 0.0619 e. The standard InChI is InChI=1S/C28H18BrN.C17H12.C12H8BrI.CH4/c29-22-14-9-19(10-15-22)20-11-16-23(17-12-20)30-27-8-4-3-7-25(27)26-18-13-21-5-1-2-6-24(21)28(26)30;1-3-7-14-12(5-1)9-10-16-15-8-4-2-6-13(15)11-17(14)16;13-11-5-1-9(2-6-11)10-3-7-12(14)8-4-10;/h1-18H;1-10H,11H2;1-8H;1H4. The molecular weight excluding hydrogens is 997 g/mol. The summed E-state index contributed by atoms with van der Waals surface area (Å²) < 4.78 is 5.88. The SMILES string of the molecule is Brc1ccc(-c2ccc(-n3c4ccccc4c4ccc5ccccc5c43)cc2)cc1.Brc1ccc(-c2ccc(I)cc2)cc1.C.c1ccc2c(c1)Cc1c-2ccc2ccccc12. The number of nitrogens with zero attached hydrogens (tertiary/aromatic N) is 1. The van der Waals surface area contributed by atoms with Crippen LogP contribution in [0.25, 0.3) is 82.4 Å². The molecule has 0 spiro atoms. The highest BCUT2D eigenvalue weighted by Gasteiger charge is 2.19. The normalized spacial score (nSPS) is 11.3. The summed E-state index contributed by atoms with van der Waals surface area (Å²) in [6.07, 6.45) is 1.08. The van der Waals surface area contributed by atoms with Gasteiger partial charge in [-0.15, -0.1) is 0 Å². The molecule has 0 amide bonds. The van der Waals surface area contributed by atoms with Crippen molar-refractivity contribution in [1.82, 2.24) is 4.57 Å². The third-order valence-electron chi connectivity index (χ3n) is 11.6. The van der Waals surface area contributed by atoms with Crippen molar-refractivity contribution >= 4 is 97.8 Å². The second kappa shape index (κ2) is 18.3. The van der Waals surface area contributed by atoms with E-state index in [1.807, 2.05) is 0 Å². The van der Waals surface area contributed by atoms with Gasteiger partial charge in [-0.2, -0.15) is 0 Å². The third-order valence-corrected chi connectivity index (χ3v) is 13.4. The minimum atomic E-state index is 0. The lowest BCUT2D eigenvalue weighted by molar-refractivity contribution is 1.19. The largest absolute Gasteiger partial charge is 0.309 e. The minimum absolute atomic E-state index is 0. The lowest BCUT2D eigenvalue weighted by Gasteiger charge is -2.11. The lowest BCUT2D eigenvalue weighted by Crippen LogP contribution is -1.94. The Kier molecular flexibility index (Phi) is 12.3. The highest BCUT2D eigenvalue weighted by molar-refractivity contribution is 14.1. The average molecular weight is 1040 g/mol. The summed E-state index contributed by atoms with van der Waals surface area (Å²) in [4.78, 5) is 0. The molecule has 1 heterocycles. The van der Waals surface area contributed by atoms with Crippen molar-refractivity contribution in [2.24, 2.45) is 0 Å². The van der Waals surface area contributed by atoms with Crippen LogP contribution in [0.1, 0.15) is 18.6 Å². The molecule has 0 atom stereocenters. The van der Waals surface area contributed by atoms with Crippen LogP contribution in [0.3, 0.4) is 0 Å². The number of aromatic nitrogens is 1. The summed E-state index contributed by atoms with van der Waals surface area (Å²) in [5.74, 6) is 0. The van der Waals surface area contributed by atoms with E-state index in [9.17, 15) is 0 Å². The molecule has 0 fully saturated rings. The smallest absolute Gasteiger partial charge is 0.0619 e. The fourth-order valence-corrected chi connectivity index (χ4v) is 9.52. The second-order valence-corrected chi connectivity index (χ2v) is 18.3. The van der Waals surface area contributed by atoms with Gasteiger partial charge >= 0.3 is 0 Å². The lowest BCUT2D eigenvalue weighted by atomic mass is 9.99. The zero-order valence-corrected chi connectivity index (χ0v) is 38.4. The van der Waals surface area contributed by atoms with Gasteiger partial charge in [0.2, 0.25) is 0 Å². The van der Waals surface area contributed by atoms with Crippen LogP contribution in [0.15, 0.2) is 227 Å². The van der Waals surface area contributed by atoms with Crippen LogP contribution >= 0.6 is 54.5 Å². The zero-order valence-electron chi connectivity index (χ0n) is 33.1. The molecule has 1 aliphatic rings. The van der Waals surface area contributed by atoms with Crippen LogP contribution in [-0.4, -0.2) is 4.57 Å². The topological polar surface area (TPSA) is 4.93 Å². The van der Waals surface area contributed by atoms with Crippen LogP contribution in [-0.2, 0) is 6.42 Å². The first kappa shape index (κ1) is 41.6. The number of benzene rings is 10. The van der Waals surface area contributed by atoms with Gasteiger partial charge in [-0.1, -0.05) is 203 Å². The first-order valence-electron chi connectivity index (χ1n) is 20.4. The summed E-state index contributed by atoms with van der Waals surface area (Å²) in [5.41, 5.74) is 14.4. The minimum Gasteiger partial charge on any atom is -0.309 e. The molecule has 0 unspecified atom stereocenters. The fraction of sp³-hybridized carbons (Fsp3) is 0.0345. The Morgan fingerprint density at radius 2 is 0.871 bits per heavy atom. The van der Waals surface area contributed by atoms with E-state index in [1.165, 1.54) is 97.1 Å². The van der Waals surface area contributed by atoms with Crippen molar-refractivity contribution in [3.05, 3.63) is 242 Å². The predicted octanol–water partition coefficient (Wildman–Crippen LogP) is 18.1. The van der Waals surface area contributed by atoms with Gasteiger partial charge in [-0.05, 0) is 144 Å². The molecule has 0 N–H and O–H groups in total. The Hall–Kier alpha value is -5.79. The first-order chi connectivity index (χ1) is 30.0. The van der Waals surface area contributed by atoms with Gasteiger partial charge in [0.15, 0.2) is 0 Å². The Labute approximate surface area is 394 Å². The second-order valence-electron chi connectivity index (χ2n) is 15.2. The number of hydrogen-bond donors (Lipinski definition) is 0. The number of rotatable bonds is 3. The van der Waals surface area contributed by atoms with Gasteiger partial charge in [0.05, 0.1) is 11.0 Å². The van der Waals surface area contributed by atoms with E-state index in [2.05, 4.69) is 277 Å². The van der Waals surface area contributed by atoms with Crippen LogP contribution in [0, 0.1) is 3.57 Å². The quantitative estimate of drug-likeness (QED) is 0.155. The molecule has 4 heteroatoms.